The molecule has 1 saturated heterocycles. The van der Waals surface area contributed by atoms with Crippen molar-refractivity contribution in [1.82, 2.24) is 10.2 Å². The normalized spacial score (nSPS) is 19.1. The lowest BCUT2D eigenvalue weighted by Gasteiger charge is -2.23. The van der Waals surface area contributed by atoms with Crippen LogP contribution in [0.2, 0.25) is 0 Å². The van der Waals surface area contributed by atoms with E-state index < -0.39 is 11.9 Å². The Balaban J connectivity index is 1.33. The van der Waals surface area contributed by atoms with Gasteiger partial charge in [0.05, 0.1) is 12.0 Å². The highest BCUT2D eigenvalue weighted by Crippen LogP contribution is 2.30. The number of nitrogens with one attached hydrogen (secondary N) is 1. The second-order valence-electron chi connectivity index (χ2n) is 8.32. The first-order valence-corrected chi connectivity index (χ1v) is 11.0. The maximum Gasteiger partial charge on any atom is 0.311 e. The summed E-state index contributed by atoms with van der Waals surface area (Å²) in [6.07, 6.45) is 4.46. The van der Waals surface area contributed by atoms with Gasteiger partial charge in [0, 0.05) is 19.0 Å². The van der Waals surface area contributed by atoms with Crippen LogP contribution in [0.15, 0.2) is 60.7 Å². The molecule has 162 valence electrons. The molecule has 1 N–H and O–H groups in total. The summed E-state index contributed by atoms with van der Waals surface area (Å²) >= 11 is 0. The van der Waals surface area contributed by atoms with Crippen molar-refractivity contribution in [3.8, 4) is 0 Å². The van der Waals surface area contributed by atoms with E-state index in [4.69, 9.17) is 4.74 Å². The van der Waals surface area contributed by atoms with Crippen molar-refractivity contribution in [2.24, 2.45) is 5.92 Å². The summed E-state index contributed by atoms with van der Waals surface area (Å²) in [6.45, 7) is 0.0454. The van der Waals surface area contributed by atoms with Crippen molar-refractivity contribution in [3.63, 3.8) is 0 Å². The quantitative estimate of drug-likeness (QED) is 0.698. The maximum atomic E-state index is 12.6. The Morgan fingerprint density at radius 2 is 1.55 bits per heavy atom. The molecule has 4 rings (SSSR count). The van der Waals surface area contributed by atoms with Gasteiger partial charge in [-0.15, -0.1) is 0 Å². The van der Waals surface area contributed by atoms with E-state index in [0.717, 1.165) is 36.8 Å². The summed E-state index contributed by atoms with van der Waals surface area (Å²) in [6, 6.07) is 19.3. The van der Waals surface area contributed by atoms with Gasteiger partial charge in [0.1, 0.15) is 0 Å². The fourth-order valence-electron chi connectivity index (χ4n) is 4.57. The molecular weight excluding hydrogens is 392 g/mol. The molecule has 31 heavy (non-hydrogen) atoms. The lowest BCUT2D eigenvalue weighted by molar-refractivity contribution is -0.152. The molecule has 6 heteroatoms. The monoisotopic (exact) mass is 420 g/mol. The fourth-order valence-corrected chi connectivity index (χ4v) is 4.57. The molecule has 1 aliphatic heterocycles. The highest BCUT2D eigenvalue weighted by atomic mass is 16.5. The number of rotatable bonds is 7. The Morgan fingerprint density at radius 1 is 0.968 bits per heavy atom. The van der Waals surface area contributed by atoms with Crippen LogP contribution in [0, 0.1) is 5.92 Å². The van der Waals surface area contributed by atoms with Crippen LogP contribution < -0.4 is 5.32 Å². The number of hydrogen-bond acceptors (Lipinski definition) is 4. The van der Waals surface area contributed by atoms with Gasteiger partial charge in [0.2, 0.25) is 5.91 Å². The molecule has 2 fully saturated rings. The summed E-state index contributed by atoms with van der Waals surface area (Å²) < 4.78 is 5.29. The molecular formula is C25H28N2O4. The van der Waals surface area contributed by atoms with E-state index in [2.05, 4.69) is 5.32 Å². The topological polar surface area (TPSA) is 75.7 Å². The van der Waals surface area contributed by atoms with Gasteiger partial charge in [0.25, 0.3) is 5.91 Å². The minimum atomic E-state index is -0.486. The van der Waals surface area contributed by atoms with E-state index in [1.54, 1.807) is 0 Å². The zero-order valence-electron chi connectivity index (χ0n) is 17.5. The van der Waals surface area contributed by atoms with Crippen LogP contribution >= 0.6 is 0 Å². The van der Waals surface area contributed by atoms with Gasteiger partial charge in [-0.25, -0.2) is 0 Å². The molecule has 1 aliphatic carbocycles. The van der Waals surface area contributed by atoms with Gasteiger partial charge in [-0.2, -0.15) is 0 Å². The first-order chi connectivity index (χ1) is 15.1. The van der Waals surface area contributed by atoms with Gasteiger partial charge in [-0.3, -0.25) is 14.4 Å². The molecule has 0 radical (unpaired) electrons. The Labute approximate surface area is 182 Å². The van der Waals surface area contributed by atoms with Crippen LogP contribution in [0.25, 0.3) is 0 Å². The van der Waals surface area contributed by atoms with Crippen LogP contribution in [0.5, 0.6) is 0 Å². The van der Waals surface area contributed by atoms with Crippen molar-refractivity contribution < 1.29 is 19.1 Å². The number of likely N-dealkylation sites (tertiary alicyclic amines) is 1. The number of carbonyl (C=O) groups excluding carboxylic acids is 3. The average molecular weight is 421 g/mol. The summed E-state index contributed by atoms with van der Waals surface area (Å²) in [4.78, 5) is 39.2. The SMILES string of the molecule is O=C(COC(=O)[C@H]1CC(=O)N(C2CCCC2)C1)NC(c1ccccc1)c1ccccc1. The average Bonchev–Trinajstić information content (AvgIpc) is 3.46. The first-order valence-electron chi connectivity index (χ1n) is 11.0. The lowest BCUT2D eigenvalue weighted by atomic mass is 9.99. The molecule has 0 aromatic heterocycles. The lowest BCUT2D eigenvalue weighted by Crippen LogP contribution is -2.36. The number of carbonyl (C=O) groups is 3. The third-order valence-corrected chi connectivity index (χ3v) is 6.17. The molecule has 6 nitrogen and oxygen atoms in total. The highest BCUT2D eigenvalue weighted by Gasteiger charge is 2.39. The smallest absolute Gasteiger partial charge is 0.311 e. The third kappa shape index (κ3) is 5.13. The second-order valence-corrected chi connectivity index (χ2v) is 8.32. The van der Waals surface area contributed by atoms with Crippen molar-refractivity contribution in [2.75, 3.05) is 13.2 Å². The van der Waals surface area contributed by atoms with Crippen molar-refractivity contribution in [1.29, 1.82) is 0 Å². The Kier molecular flexibility index (Phi) is 6.65. The standard InChI is InChI=1S/C25H28N2O4/c28-22(26-24(18-9-3-1-4-10-18)19-11-5-2-6-12-19)17-31-25(30)20-15-23(29)27(16-20)21-13-7-8-14-21/h1-6,9-12,20-21,24H,7-8,13-17H2,(H,26,28)/t20-/m0/s1. The molecule has 0 bridgehead atoms. The third-order valence-electron chi connectivity index (χ3n) is 6.17. The van der Waals surface area contributed by atoms with E-state index in [-0.39, 0.29) is 36.9 Å². The van der Waals surface area contributed by atoms with Gasteiger partial charge < -0.3 is 15.0 Å². The van der Waals surface area contributed by atoms with Gasteiger partial charge >= 0.3 is 5.97 Å². The van der Waals surface area contributed by atoms with E-state index >= 15 is 0 Å². The Bertz CT molecular complexity index is 870. The minimum absolute atomic E-state index is 0.0199. The van der Waals surface area contributed by atoms with Gasteiger partial charge in [-0.1, -0.05) is 73.5 Å². The molecule has 0 unspecified atom stereocenters. The summed E-state index contributed by atoms with van der Waals surface area (Å²) in [5.74, 6) is -1.31. The van der Waals surface area contributed by atoms with E-state index in [1.807, 2.05) is 65.6 Å². The summed E-state index contributed by atoms with van der Waals surface area (Å²) in [5.41, 5.74) is 1.89. The largest absolute Gasteiger partial charge is 0.455 e. The summed E-state index contributed by atoms with van der Waals surface area (Å²) in [7, 11) is 0. The number of esters is 1. The molecule has 1 heterocycles. The highest BCUT2D eigenvalue weighted by molar-refractivity contribution is 5.88. The minimum Gasteiger partial charge on any atom is -0.455 e. The van der Waals surface area contributed by atoms with Crippen LogP contribution in [-0.2, 0) is 19.1 Å². The fraction of sp³-hybridized carbons (Fsp3) is 0.400. The van der Waals surface area contributed by atoms with E-state index in [1.165, 1.54) is 0 Å². The molecule has 2 amide bonds. The maximum absolute atomic E-state index is 12.6. The van der Waals surface area contributed by atoms with Crippen LogP contribution in [0.3, 0.4) is 0 Å². The first kappa shape index (κ1) is 21.1. The van der Waals surface area contributed by atoms with Crippen molar-refractivity contribution in [3.05, 3.63) is 71.8 Å². The van der Waals surface area contributed by atoms with Crippen LogP contribution in [-0.4, -0.2) is 41.9 Å². The zero-order chi connectivity index (χ0) is 21.6. The number of benzene rings is 2. The second kappa shape index (κ2) is 9.77. The van der Waals surface area contributed by atoms with Crippen LogP contribution in [0.1, 0.15) is 49.3 Å². The predicted octanol–water partition coefficient (Wildman–Crippen LogP) is 3.23. The van der Waals surface area contributed by atoms with Gasteiger partial charge in [0.15, 0.2) is 6.61 Å². The summed E-state index contributed by atoms with van der Waals surface area (Å²) in [5, 5.41) is 2.96. The number of hydrogen-bond donors (Lipinski definition) is 1. The molecule has 2 aromatic rings. The number of nitrogens with zero attached hydrogens (tertiary/aromatic N) is 1. The molecule has 2 aliphatic rings. The molecule has 2 aromatic carbocycles. The van der Waals surface area contributed by atoms with Crippen molar-refractivity contribution in [2.45, 2.75) is 44.2 Å². The molecule has 1 atom stereocenters. The molecule has 0 spiro atoms. The van der Waals surface area contributed by atoms with Gasteiger partial charge in [-0.05, 0) is 24.0 Å². The van der Waals surface area contributed by atoms with E-state index in [9.17, 15) is 14.4 Å². The number of amides is 2. The van der Waals surface area contributed by atoms with E-state index in [0.29, 0.717) is 6.54 Å². The van der Waals surface area contributed by atoms with Crippen LogP contribution in [0.4, 0.5) is 0 Å². The Morgan fingerprint density at radius 3 is 2.13 bits per heavy atom. The Hall–Kier alpha value is -3.15. The number of ether oxygens (including phenoxy) is 1. The zero-order valence-corrected chi connectivity index (χ0v) is 17.5. The van der Waals surface area contributed by atoms with Crippen molar-refractivity contribution >= 4 is 17.8 Å². The molecule has 1 saturated carbocycles. The predicted molar refractivity (Wildman–Crippen MR) is 116 cm³/mol.